The van der Waals surface area contributed by atoms with Crippen molar-refractivity contribution >= 4 is 5.97 Å². The Morgan fingerprint density at radius 1 is 1.20 bits per heavy atom. The average Bonchev–Trinajstić information content (AvgIpc) is 2.43. The van der Waals surface area contributed by atoms with Crippen LogP contribution < -0.4 is 5.32 Å². The standard InChI is InChI=1S/C17H27NO2/c1-13(2)12-15-7-9-16(10-8-15)14(3)18-11-5-6-17(19)20-4/h7-10,13-14,18H,5-6,11-12H2,1-4H3. The molecule has 0 fully saturated rings. The van der Waals surface area contributed by atoms with E-state index in [9.17, 15) is 4.79 Å². The zero-order chi connectivity index (χ0) is 15.0. The lowest BCUT2D eigenvalue weighted by Gasteiger charge is -2.15. The molecule has 0 spiro atoms. The van der Waals surface area contributed by atoms with Gasteiger partial charge in [-0.25, -0.2) is 0 Å². The molecule has 3 nitrogen and oxygen atoms in total. The number of hydrogen-bond acceptors (Lipinski definition) is 3. The molecule has 1 N–H and O–H groups in total. The van der Waals surface area contributed by atoms with Gasteiger partial charge in [-0.1, -0.05) is 38.1 Å². The summed E-state index contributed by atoms with van der Waals surface area (Å²) >= 11 is 0. The third-order valence-electron chi connectivity index (χ3n) is 3.36. The fraction of sp³-hybridized carbons (Fsp3) is 0.588. The molecule has 1 rings (SSSR count). The second kappa shape index (κ2) is 8.75. The summed E-state index contributed by atoms with van der Waals surface area (Å²) in [4.78, 5) is 11.0. The molecule has 0 radical (unpaired) electrons. The highest BCUT2D eigenvalue weighted by atomic mass is 16.5. The number of nitrogens with one attached hydrogen (secondary N) is 1. The van der Waals surface area contributed by atoms with Crippen LogP contribution in [0.4, 0.5) is 0 Å². The molecule has 0 aromatic heterocycles. The Kier molecular flexibility index (Phi) is 7.31. The van der Waals surface area contributed by atoms with Crippen molar-refractivity contribution in [2.45, 2.75) is 46.1 Å². The molecule has 0 aliphatic heterocycles. The predicted octanol–water partition coefficient (Wildman–Crippen LogP) is 3.49. The number of methoxy groups -OCH3 is 1. The first-order valence-electron chi connectivity index (χ1n) is 7.42. The van der Waals surface area contributed by atoms with E-state index in [4.69, 9.17) is 0 Å². The Balaban J connectivity index is 2.35. The maximum atomic E-state index is 11.0. The molecule has 0 amide bonds. The van der Waals surface area contributed by atoms with Gasteiger partial charge in [-0.05, 0) is 43.4 Å². The summed E-state index contributed by atoms with van der Waals surface area (Å²) in [5, 5.41) is 3.43. The molecule has 1 aromatic rings. The monoisotopic (exact) mass is 277 g/mol. The second-order valence-electron chi connectivity index (χ2n) is 5.70. The van der Waals surface area contributed by atoms with Gasteiger partial charge in [-0.15, -0.1) is 0 Å². The summed E-state index contributed by atoms with van der Waals surface area (Å²) in [6, 6.07) is 9.11. The first-order valence-corrected chi connectivity index (χ1v) is 7.42. The molecular weight excluding hydrogens is 250 g/mol. The average molecular weight is 277 g/mol. The number of rotatable bonds is 8. The van der Waals surface area contributed by atoms with E-state index in [2.05, 4.69) is 55.1 Å². The van der Waals surface area contributed by atoms with E-state index in [0.717, 1.165) is 19.4 Å². The highest BCUT2D eigenvalue weighted by Gasteiger charge is 2.06. The minimum Gasteiger partial charge on any atom is -0.469 e. The number of esters is 1. The first-order chi connectivity index (χ1) is 9.52. The summed E-state index contributed by atoms with van der Waals surface area (Å²) in [7, 11) is 1.43. The van der Waals surface area contributed by atoms with E-state index in [0.29, 0.717) is 18.4 Å². The van der Waals surface area contributed by atoms with Gasteiger partial charge in [-0.2, -0.15) is 0 Å². The van der Waals surface area contributed by atoms with Crippen LogP contribution in [-0.2, 0) is 16.0 Å². The molecule has 0 saturated carbocycles. The van der Waals surface area contributed by atoms with Gasteiger partial charge in [0.2, 0.25) is 0 Å². The lowest BCUT2D eigenvalue weighted by molar-refractivity contribution is -0.140. The summed E-state index contributed by atoms with van der Waals surface area (Å²) in [5.74, 6) is 0.548. The molecule has 3 heteroatoms. The molecule has 1 aromatic carbocycles. The number of hydrogen-bond donors (Lipinski definition) is 1. The van der Waals surface area contributed by atoms with Gasteiger partial charge in [0.05, 0.1) is 7.11 Å². The number of carbonyl (C=O) groups excluding carboxylic acids is 1. The predicted molar refractivity (Wildman–Crippen MR) is 82.7 cm³/mol. The summed E-state index contributed by atoms with van der Waals surface area (Å²) in [6.45, 7) is 7.44. The van der Waals surface area contributed by atoms with Crippen LogP contribution in [0.15, 0.2) is 24.3 Å². The van der Waals surface area contributed by atoms with Crippen LogP contribution in [0.3, 0.4) is 0 Å². The molecule has 0 heterocycles. The molecule has 112 valence electrons. The van der Waals surface area contributed by atoms with Crippen molar-refractivity contribution in [1.82, 2.24) is 5.32 Å². The SMILES string of the molecule is COC(=O)CCCNC(C)c1ccc(CC(C)C)cc1. The van der Waals surface area contributed by atoms with Crippen molar-refractivity contribution in [3.05, 3.63) is 35.4 Å². The maximum Gasteiger partial charge on any atom is 0.305 e. The van der Waals surface area contributed by atoms with E-state index >= 15 is 0 Å². The van der Waals surface area contributed by atoms with Crippen LogP contribution in [0.25, 0.3) is 0 Å². The number of benzene rings is 1. The van der Waals surface area contributed by atoms with Gasteiger partial charge in [-0.3, -0.25) is 4.79 Å². The topological polar surface area (TPSA) is 38.3 Å². The molecule has 0 aliphatic rings. The van der Waals surface area contributed by atoms with E-state index in [1.165, 1.54) is 18.2 Å². The van der Waals surface area contributed by atoms with Crippen LogP contribution in [0.1, 0.15) is 50.8 Å². The summed E-state index contributed by atoms with van der Waals surface area (Å²) in [6.07, 6.45) is 2.41. The largest absolute Gasteiger partial charge is 0.469 e. The third kappa shape index (κ3) is 6.20. The second-order valence-corrected chi connectivity index (χ2v) is 5.70. The quantitative estimate of drug-likeness (QED) is 0.584. The lowest BCUT2D eigenvalue weighted by Crippen LogP contribution is -2.20. The van der Waals surface area contributed by atoms with Crippen molar-refractivity contribution in [1.29, 1.82) is 0 Å². The van der Waals surface area contributed by atoms with Crippen LogP contribution in [0.2, 0.25) is 0 Å². The molecular formula is C17H27NO2. The molecule has 0 aliphatic carbocycles. The molecule has 0 bridgehead atoms. The summed E-state index contributed by atoms with van der Waals surface area (Å²) < 4.78 is 4.62. The van der Waals surface area contributed by atoms with Gasteiger partial charge in [0.15, 0.2) is 0 Å². The Bertz CT molecular complexity index is 398. The van der Waals surface area contributed by atoms with Crippen LogP contribution >= 0.6 is 0 Å². The Labute approximate surface area is 122 Å². The van der Waals surface area contributed by atoms with Gasteiger partial charge < -0.3 is 10.1 Å². The van der Waals surface area contributed by atoms with Gasteiger partial charge in [0, 0.05) is 12.5 Å². The van der Waals surface area contributed by atoms with E-state index < -0.39 is 0 Å². The molecule has 20 heavy (non-hydrogen) atoms. The third-order valence-corrected chi connectivity index (χ3v) is 3.36. The fourth-order valence-corrected chi connectivity index (χ4v) is 2.19. The highest BCUT2D eigenvalue weighted by molar-refractivity contribution is 5.69. The van der Waals surface area contributed by atoms with Crippen molar-refractivity contribution in [3.63, 3.8) is 0 Å². The van der Waals surface area contributed by atoms with Crippen LogP contribution in [-0.4, -0.2) is 19.6 Å². The van der Waals surface area contributed by atoms with Crippen LogP contribution in [0.5, 0.6) is 0 Å². The van der Waals surface area contributed by atoms with Crippen molar-refractivity contribution in [3.8, 4) is 0 Å². The fourth-order valence-electron chi connectivity index (χ4n) is 2.19. The van der Waals surface area contributed by atoms with Crippen molar-refractivity contribution in [2.24, 2.45) is 5.92 Å². The van der Waals surface area contributed by atoms with Gasteiger partial charge in [0.1, 0.15) is 0 Å². The zero-order valence-electron chi connectivity index (χ0n) is 13.1. The van der Waals surface area contributed by atoms with Crippen molar-refractivity contribution < 1.29 is 9.53 Å². The zero-order valence-corrected chi connectivity index (χ0v) is 13.1. The maximum absolute atomic E-state index is 11.0. The smallest absolute Gasteiger partial charge is 0.305 e. The highest BCUT2D eigenvalue weighted by Crippen LogP contribution is 2.15. The Morgan fingerprint density at radius 3 is 2.40 bits per heavy atom. The minimum atomic E-state index is -0.141. The van der Waals surface area contributed by atoms with E-state index in [1.54, 1.807) is 0 Å². The van der Waals surface area contributed by atoms with E-state index in [-0.39, 0.29) is 5.97 Å². The summed E-state index contributed by atoms with van der Waals surface area (Å²) in [5.41, 5.74) is 2.68. The van der Waals surface area contributed by atoms with Gasteiger partial charge >= 0.3 is 5.97 Å². The molecule has 1 atom stereocenters. The normalized spacial score (nSPS) is 12.4. The first kappa shape index (κ1) is 16.7. The lowest BCUT2D eigenvalue weighted by atomic mass is 10.00. The molecule has 0 saturated heterocycles. The van der Waals surface area contributed by atoms with Crippen LogP contribution in [0, 0.1) is 5.92 Å². The molecule has 1 unspecified atom stereocenters. The Morgan fingerprint density at radius 2 is 1.85 bits per heavy atom. The van der Waals surface area contributed by atoms with Crippen molar-refractivity contribution in [2.75, 3.05) is 13.7 Å². The Hall–Kier alpha value is -1.35. The number of carbonyl (C=O) groups is 1. The van der Waals surface area contributed by atoms with Gasteiger partial charge in [0.25, 0.3) is 0 Å². The number of ether oxygens (including phenoxy) is 1. The van der Waals surface area contributed by atoms with E-state index in [1.807, 2.05) is 0 Å². The minimum absolute atomic E-state index is 0.141.